The number of hydrogen-bond donors (Lipinski definition) is 1. The molecular formula is C22H23N3O2. The lowest BCUT2D eigenvalue weighted by Gasteiger charge is -2.18. The molecule has 2 aromatic heterocycles. The summed E-state index contributed by atoms with van der Waals surface area (Å²) in [6.07, 6.45) is 7.53. The Balaban J connectivity index is 1.86. The maximum atomic E-state index is 13.3. The Morgan fingerprint density at radius 3 is 2.70 bits per heavy atom. The molecule has 1 aromatic carbocycles. The van der Waals surface area contributed by atoms with E-state index in [4.69, 9.17) is 4.99 Å². The summed E-state index contributed by atoms with van der Waals surface area (Å²) >= 11 is 0. The number of para-hydroxylation sites is 1. The molecule has 1 aliphatic rings. The van der Waals surface area contributed by atoms with Crippen molar-refractivity contribution in [1.82, 2.24) is 9.55 Å². The molecule has 0 bridgehead atoms. The first-order valence-corrected chi connectivity index (χ1v) is 9.52. The van der Waals surface area contributed by atoms with Crippen molar-refractivity contribution in [3.05, 3.63) is 75.6 Å². The van der Waals surface area contributed by atoms with Crippen molar-refractivity contribution in [3.63, 3.8) is 0 Å². The minimum Gasteiger partial charge on any atom is -0.322 e. The van der Waals surface area contributed by atoms with Gasteiger partial charge in [0, 0.05) is 23.2 Å². The van der Waals surface area contributed by atoms with Gasteiger partial charge < -0.3 is 4.98 Å². The van der Waals surface area contributed by atoms with Crippen molar-refractivity contribution in [2.75, 3.05) is 0 Å². The number of nitrogens with one attached hydrogen (secondary N) is 1. The van der Waals surface area contributed by atoms with E-state index in [0.29, 0.717) is 16.6 Å². The van der Waals surface area contributed by atoms with Gasteiger partial charge in [0.1, 0.15) is 5.49 Å². The summed E-state index contributed by atoms with van der Waals surface area (Å²) in [5.74, 6) is -0.230. The van der Waals surface area contributed by atoms with Crippen LogP contribution in [-0.4, -0.2) is 21.5 Å². The number of fused-ring (bicyclic) bond motifs is 1. The van der Waals surface area contributed by atoms with Gasteiger partial charge in [0.2, 0.25) is 5.56 Å². The van der Waals surface area contributed by atoms with Crippen LogP contribution in [0.5, 0.6) is 0 Å². The molecule has 1 fully saturated rings. The quantitative estimate of drug-likeness (QED) is 0.758. The molecule has 1 saturated carbocycles. The van der Waals surface area contributed by atoms with E-state index in [1.54, 1.807) is 16.8 Å². The minimum atomic E-state index is -0.282. The smallest absolute Gasteiger partial charge is 0.264 e. The summed E-state index contributed by atoms with van der Waals surface area (Å²) in [4.78, 5) is 33.1. The number of rotatable bonds is 2. The standard InChI is InChI=1S/C22H23N3O2/c1-15-11-12-25(20(13-15)23-16-7-3-2-4-8-16)22(27)18-14-21(26)24-19-10-6-5-9-17(18)19/h5-6,9-14,16H,2-4,7-8H2,1H3,(H,24,26). The van der Waals surface area contributed by atoms with E-state index in [-0.39, 0.29) is 17.5 Å². The summed E-state index contributed by atoms with van der Waals surface area (Å²) in [6, 6.07) is 12.8. The van der Waals surface area contributed by atoms with Gasteiger partial charge in [-0.15, -0.1) is 0 Å². The lowest BCUT2D eigenvalue weighted by Crippen LogP contribution is -2.30. The molecule has 0 amide bonds. The van der Waals surface area contributed by atoms with Crippen molar-refractivity contribution in [1.29, 1.82) is 0 Å². The number of aryl methyl sites for hydroxylation is 1. The lowest BCUT2D eigenvalue weighted by atomic mass is 9.96. The number of carbonyl (C=O) groups is 1. The van der Waals surface area contributed by atoms with Crippen LogP contribution in [0.1, 0.15) is 48.0 Å². The molecule has 1 N–H and O–H groups in total. The van der Waals surface area contributed by atoms with E-state index in [0.717, 1.165) is 23.8 Å². The average Bonchev–Trinajstić information content (AvgIpc) is 2.68. The van der Waals surface area contributed by atoms with Gasteiger partial charge >= 0.3 is 0 Å². The molecule has 1 aliphatic carbocycles. The van der Waals surface area contributed by atoms with Crippen LogP contribution in [0.2, 0.25) is 0 Å². The zero-order valence-corrected chi connectivity index (χ0v) is 15.4. The van der Waals surface area contributed by atoms with Crippen LogP contribution in [0.25, 0.3) is 10.9 Å². The van der Waals surface area contributed by atoms with Crippen LogP contribution in [0.15, 0.2) is 58.4 Å². The molecule has 0 aliphatic heterocycles. The molecule has 138 valence electrons. The van der Waals surface area contributed by atoms with Gasteiger partial charge in [-0.25, -0.2) is 0 Å². The number of nitrogens with zero attached hydrogens (tertiary/aromatic N) is 2. The Morgan fingerprint density at radius 1 is 1.11 bits per heavy atom. The molecule has 27 heavy (non-hydrogen) atoms. The Morgan fingerprint density at radius 2 is 1.89 bits per heavy atom. The van der Waals surface area contributed by atoms with E-state index in [1.165, 1.54) is 25.3 Å². The first-order valence-electron chi connectivity index (χ1n) is 9.52. The highest BCUT2D eigenvalue weighted by atomic mass is 16.2. The number of benzene rings is 1. The Hall–Kier alpha value is -2.95. The molecule has 5 heteroatoms. The number of aromatic nitrogens is 2. The third-order valence-electron chi connectivity index (χ3n) is 5.18. The van der Waals surface area contributed by atoms with Gasteiger partial charge in [-0.1, -0.05) is 37.5 Å². The summed E-state index contributed by atoms with van der Waals surface area (Å²) in [6.45, 7) is 2.00. The van der Waals surface area contributed by atoms with Crippen molar-refractivity contribution >= 4 is 16.8 Å². The predicted octanol–water partition coefficient (Wildman–Crippen LogP) is 3.56. The average molecular weight is 361 g/mol. The number of carbonyl (C=O) groups excluding carboxylic acids is 1. The van der Waals surface area contributed by atoms with Crippen LogP contribution in [0.4, 0.5) is 0 Å². The van der Waals surface area contributed by atoms with Gasteiger partial charge in [0.25, 0.3) is 5.91 Å². The van der Waals surface area contributed by atoms with Crippen molar-refractivity contribution in [2.45, 2.75) is 45.1 Å². The molecule has 0 radical (unpaired) electrons. The molecular weight excluding hydrogens is 338 g/mol. The summed E-state index contributed by atoms with van der Waals surface area (Å²) in [7, 11) is 0. The molecule has 0 spiro atoms. The molecule has 2 heterocycles. The van der Waals surface area contributed by atoms with Gasteiger partial charge in [0.05, 0.1) is 11.6 Å². The van der Waals surface area contributed by atoms with E-state index in [9.17, 15) is 9.59 Å². The van der Waals surface area contributed by atoms with Gasteiger partial charge in [-0.3, -0.25) is 19.1 Å². The fourth-order valence-electron chi connectivity index (χ4n) is 3.77. The van der Waals surface area contributed by atoms with E-state index in [2.05, 4.69) is 4.98 Å². The van der Waals surface area contributed by atoms with Crippen molar-refractivity contribution in [3.8, 4) is 0 Å². The van der Waals surface area contributed by atoms with E-state index < -0.39 is 0 Å². The highest BCUT2D eigenvalue weighted by Crippen LogP contribution is 2.20. The maximum absolute atomic E-state index is 13.3. The monoisotopic (exact) mass is 361 g/mol. The SMILES string of the molecule is Cc1ccn(C(=O)c2cc(=O)[nH]c3ccccc23)c(=NC2CCCCC2)c1. The molecule has 0 atom stereocenters. The predicted molar refractivity (Wildman–Crippen MR) is 106 cm³/mol. The zero-order valence-electron chi connectivity index (χ0n) is 15.4. The number of hydrogen-bond acceptors (Lipinski definition) is 3. The van der Waals surface area contributed by atoms with E-state index >= 15 is 0 Å². The number of pyridine rings is 2. The topological polar surface area (TPSA) is 67.2 Å². The molecule has 3 aromatic rings. The maximum Gasteiger partial charge on any atom is 0.264 e. The van der Waals surface area contributed by atoms with Crippen molar-refractivity contribution < 1.29 is 4.79 Å². The molecule has 0 saturated heterocycles. The second-order valence-electron chi connectivity index (χ2n) is 7.25. The highest BCUT2D eigenvalue weighted by Gasteiger charge is 2.16. The van der Waals surface area contributed by atoms with Gasteiger partial charge in [-0.2, -0.15) is 0 Å². The Labute approximate surface area is 157 Å². The lowest BCUT2D eigenvalue weighted by molar-refractivity contribution is 0.0956. The van der Waals surface area contributed by atoms with Crippen molar-refractivity contribution in [2.24, 2.45) is 4.99 Å². The number of aromatic amines is 1. The second kappa shape index (κ2) is 7.35. The zero-order chi connectivity index (χ0) is 18.8. The summed E-state index contributed by atoms with van der Waals surface area (Å²) in [5.41, 5.74) is 2.49. The number of H-pyrrole nitrogens is 1. The van der Waals surface area contributed by atoms with Gasteiger partial charge in [-0.05, 0) is 43.5 Å². The highest BCUT2D eigenvalue weighted by molar-refractivity contribution is 6.06. The largest absolute Gasteiger partial charge is 0.322 e. The third kappa shape index (κ3) is 3.63. The Kier molecular flexibility index (Phi) is 4.75. The van der Waals surface area contributed by atoms with Crippen LogP contribution in [-0.2, 0) is 0 Å². The first-order chi connectivity index (χ1) is 13.1. The van der Waals surface area contributed by atoms with E-state index in [1.807, 2.05) is 37.3 Å². The molecule has 4 rings (SSSR count). The van der Waals surface area contributed by atoms with Gasteiger partial charge in [0.15, 0.2) is 0 Å². The van der Waals surface area contributed by atoms with Crippen LogP contribution < -0.4 is 11.0 Å². The molecule has 5 nitrogen and oxygen atoms in total. The summed E-state index contributed by atoms with van der Waals surface area (Å²) < 4.78 is 1.57. The molecule has 0 unspecified atom stereocenters. The Bertz CT molecular complexity index is 1120. The normalized spacial score (nSPS) is 16.0. The second-order valence-corrected chi connectivity index (χ2v) is 7.25. The first kappa shape index (κ1) is 17.5. The third-order valence-corrected chi connectivity index (χ3v) is 5.18. The van der Waals surface area contributed by atoms with Crippen LogP contribution in [0.3, 0.4) is 0 Å². The minimum absolute atomic E-state index is 0.230. The fraction of sp³-hybridized carbons (Fsp3) is 0.318. The fourth-order valence-corrected chi connectivity index (χ4v) is 3.77. The van der Waals surface area contributed by atoms with Crippen LogP contribution in [0, 0.1) is 6.92 Å². The summed E-state index contributed by atoms with van der Waals surface area (Å²) in [5, 5.41) is 0.735. The van der Waals surface area contributed by atoms with Crippen LogP contribution >= 0.6 is 0 Å².